The highest BCUT2D eigenvalue weighted by Crippen LogP contribution is 2.41. The lowest BCUT2D eigenvalue weighted by molar-refractivity contribution is -0.145. The van der Waals surface area contributed by atoms with Crippen molar-refractivity contribution >= 4 is 5.97 Å². The molecule has 1 unspecified atom stereocenters. The third-order valence-electron chi connectivity index (χ3n) is 2.66. The van der Waals surface area contributed by atoms with E-state index < -0.39 is 11.5 Å². The maximum atomic E-state index is 10.9. The molecule has 1 aliphatic rings. The summed E-state index contributed by atoms with van der Waals surface area (Å²) < 4.78 is 0. The van der Waals surface area contributed by atoms with Crippen LogP contribution in [0.15, 0.2) is 0 Å². The van der Waals surface area contributed by atoms with Crippen LogP contribution in [0.3, 0.4) is 0 Å². The van der Waals surface area contributed by atoms with Gasteiger partial charge in [0.15, 0.2) is 0 Å². The highest BCUT2D eigenvalue weighted by atomic mass is 16.4. The molecule has 0 saturated heterocycles. The zero-order valence-electron chi connectivity index (χ0n) is 7.05. The maximum absolute atomic E-state index is 10.9. The van der Waals surface area contributed by atoms with Gasteiger partial charge in [-0.2, -0.15) is 0 Å². The molecule has 3 nitrogen and oxygen atoms in total. The van der Waals surface area contributed by atoms with Gasteiger partial charge in [0.25, 0.3) is 0 Å². The van der Waals surface area contributed by atoms with Gasteiger partial charge in [-0.15, -0.1) is 0 Å². The van der Waals surface area contributed by atoms with E-state index in [-0.39, 0.29) is 0 Å². The number of carbonyl (C=O) groups is 1. The molecular weight excluding hydrogens is 142 g/mol. The Kier molecular flexibility index (Phi) is 2.18. The third kappa shape index (κ3) is 1.25. The minimum Gasteiger partial charge on any atom is -0.480 e. The summed E-state index contributed by atoms with van der Waals surface area (Å²) in [6.07, 6.45) is 2.78. The fourth-order valence-corrected chi connectivity index (χ4v) is 1.68. The zero-order valence-corrected chi connectivity index (χ0v) is 7.05. The molecule has 11 heavy (non-hydrogen) atoms. The summed E-state index contributed by atoms with van der Waals surface area (Å²) in [4.78, 5) is 10.9. The Morgan fingerprint density at radius 1 is 1.73 bits per heavy atom. The van der Waals surface area contributed by atoms with E-state index in [0.717, 1.165) is 12.8 Å². The number of hydrogen-bond acceptors (Lipinski definition) is 2. The number of likely N-dealkylation sites (N-methyl/N-ethyl adjacent to an activating group) is 1. The first kappa shape index (κ1) is 8.53. The molecule has 0 aromatic carbocycles. The second kappa shape index (κ2) is 2.81. The number of carboxylic acids is 1. The minimum atomic E-state index is -0.704. The maximum Gasteiger partial charge on any atom is 0.324 e. The summed E-state index contributed by atoms with van der Waals surface area (Å²) in [6, 6.07) is 0. The summed E-state index contributed by atoms with van der Waals surface area (Å²) in [5.41, 5.74) is -0.639. The molecule has 0 heterocycles. The number of aliphatic carboxylic acids is 1. The first-order valence-corrected chi connectivity index (χ1v) is 4.09. The van der Waals surface area contributed by atoms with Crippen LogP contribution in [0.1, 0.15) is 26.2 Å². The van der Waals surface area contributed by atoms with Gasteiger partial charge in [0.1, 0.15) is 5.54 Å². The van der Waals surface area contributed by atoms with Crippen molar-refractivity contribution in [3.8, 4) is 0 Å². The van der Waals surface area contributed by atoms with Gasteiger partial charge in [0, 0.05) is 0 Å². The first-order chi connectivity index (χ1) is 5.17. The Hall–Kier alpha value is -0.570. The molecule has 0 bridgehead atoms. The Morgan fingerprint density at radius 3 is 2.36 bits per heavy atom. The van der Waals surface area contributed by atoms with E-state index in [4.69, 9.17) is 5.11 Å². The lowest BCUT2D eigenvalue weighted by Gasteiger charge is -2.27. The molecule has 0 aromatic heterocycles. The van der Waals surface area contributed by atoms with E-state index in [1.165, 1.54) is 0 Å². The minimum absolute atomic E-state index is 0.356. The quantitative estimate of drug-likeness (QED) is 0.636. The van der Waals surface area contributed by atoms with Crippen LogP contribution in [0.4, 0.5) is 0 Å². The largest absolute Gasteiger partial charge is 0.480 e. The van der Waals surface area contributed by atoms with Crippen molar-refractivity contribution in [2.75, 3.05) is 7.05 Å². The molecule has 1 atom stereocenters. The Balaban J connectivity index is 2.73. The average molecular weight is 157 g/mol. The number of rotatable bonds is 4. The molecule has 1 aliphatic carbocycles. The molecule has 0 amide bonds. The fourth-order valence-electron chi connectivity index (χ4n) is 1.68. The van der Waals surface area contributed by atoms with Crippen LogP contribution in [-0.4, -0.2) is 23.7 Å². The summed E-state index contributed by atoms with van der Waals surface area (Å²) in [6.45, 7) is 1.92. The van der Waals surface area contributed by atoms with Crippen molar-refractivity contribution in [1.29, 1.82) is 0 Å². The number of carboxylic acid groups (broad SMARTS) is 1. The molecule has 0 spiro atoms. The third-order valence-corrected chi connectivity index (χ3v) is 2.66. The topological polar surface area (TPSA) is 49.3 Å². The van der Waals surface area contributed by atoms with Gasteiger partial charge in [-0.25, -0.2) is 0 Å². The van der Waals surface area contributed by atoms with Gasteiger partial charge in [0.05, 0.1) is 0 Å². The molecule has 64 valence electrons. The van der Waals surface area contributed by atoms with Gasteiger partial charge in [-0.05, 0) is 32.2 Å². The average Bonchev–Trinajstić information content (AvgIpc) is 2.74. The first-order valence-electron chi connectivity index (χ1n) is 4.09. The van der Waals surface area contributed by atoms with Crippen molar-refractivity contribution in [2.45, 2.75) is 31.7 Å². The fraction of sp³-hybridized carbons (Fsp3) is 0.875. The van der Waals surface area contributed by atoms with Gasteiger partial charge < -0.3 is 10.4 Å². The highest BCUT2D eigenvalue weighted by Gasteiger charge is 2.48. The van der Waals surface area contributed by atoms with Crippen molar-refractivity contribution in [3.05, 3.63) is 0 Å². The van der Waals surface area contributed by atoms with E-state index in [0.29, 0.717) is 12.3 Å². The van der Waals surface area contributed by atoms with Crippen LogP contribution >= 0.6 is 0 Å². The van der Waals surface area contributed by atoms with Crippen LogP contribution < -0.4 is 5.32 Å². The van der Waals surface area contributed by atoms with E-state index >= 15 is 0 Å². The second-order valence-electron chi connectivity index (χ2n) is 3.15. The van der Waals surface area contributed by atoms with Crippen molar-refractivity contribution in [1.82, 2.24) is 5.32 Å². The molecule has 2 N–H and O–H groups in total. The molecular formula is C8H15NO2. The van der Waals surface area contributed by atoms with Crippen LogP contribution in [-0.2, 0) is 4.79 Å². The Bertz CT molecular complexity index is 159. The standard InChI is InChI=1S/C8H15NO2/c1-3-8(9-2,7(10)11)6-4-5-6/h6,9H,3-5H2,1-2H3,(H,10,11). The molecule has 3 heteroatoms. The van der Waals surface area contributed by atoms with E-state index in [2.05, 4.69) is 5.32 Å². The number of nitrogens with one attached hydrogen (secondary N) is 1. The van der Waals surface area contributed by atoms with E-state index in [1.54, 1.807) is 7.05 Å². The smallest absolute Gasteiger partial charge is 0.324 e. The van der Waals surface area contributed by atoms with Crippen LogP contribution in [0.25, 0.3) is 0 Å². The summed E-state index contributed by atoms with van der Waals surface area (Å²) in [5.74, 6) is -0.347. The number of hydrogen-bond donors (Lipinski definition) is 2. The monoisotopic (exact) mass is 157 g/mol. The lowest BCUT2D eigenvalue weighted by Crippen LogP contribution is -2.51. The van der Waals surface area contributed by atoms with Crippen LogP contribution in [0.5, 0.6) is 0 Å². The molecule has 0 radical (unpaired) electrons. The summed E-state index contributed by atoms with van der Waals surface area (Å²) in [5, 5.41) is 11.9. The Morgan fingerprint density at radius 2 is 2.27 bits per heavy atom. The Labute approximate surface area is 66.8 Å². The van der Waals surface area contributed by atoms with Crippen molar-refractivity contribution < 1.29 is 9.90 Å². The summed E-state index contributed by atoms with van der Waals surface area (Å²) >= 11 is 0. The van der Waals surface area contributed by atoms with E-state index in [1.807, 2.05) is 6.92 Å². The predicted octanol–water partition coefficient (Wildman–Crippen LogP) is 0.849. The zero-order chi connectivity index (χ0) is 8.48. The van der Waals surface area contributed by atoms with Crippen molar-refractivity contribution in [3.63, 3.8) is 0 Å². The van der Waals surface area contributed by atoms with Gasteiger partial charge in [0.2, 0.25) is 0 Å². The molecule has 0 aliphatic heterocycles. The molecule has 1 rings (SSSR count). The van der Waals surface area contributed by atoms with Gasteiger partial charge in [-0.1, -0.05) is 6.92 Å². The van der Waals surface area contributed by atoms with Gasteiger partial charge in [-0.3, -0.25) is 4.79 Å². The highest BCUT2D eigenvalue weighted by molar-refractivity contribution is 5.79. The normalized spacial score (nSPS) is 22.7. The molecule has 0 aromatic rings. The van der Waals surface area contributed by atoms with Gasteiger partial charge >= 0.3 is 5.97 Å². The lowest BCUT2D eigenvalue weighted by atomic mass is 9.90. The second-order valence-corrected chi connectivity index (χ2v) is 3.15. The molecule has 1 saturated carbocycles. The van der Waals surface area contributed by atoms with E-state index in [9.17, 15) is 4.79 Å². The predicted molar refractivity (Wildman–Crippen MR) is 42.4 cm³/mol. The van der Waals surface area contributed by atoms with Crippen LogP contribution in [0, 0.1) is 5.92 Å². The summed E-state index contributed by atoms with van der Waals surface area (Å²) in [7, 11) is 1.73. The van der Waals surface area contributed by atoms with Crippen LogP contribution in [0.2, 0.25) is 0 Å². The van der Waals surface area contributed by atoms with Crippen molar-refractivity contribution in [2.24, 2.45) is 5.92 Å². The molecule has 1 fully saturated rings. The SMILES string of the molecule is CCC(NC)(C(=O)O)C1CC1.